The van der Waals surface area contributed by atoms with Gasteiger partial charge in [0.25, 0.3) is 0 Å². The van der Waals surface area contributed by atoms with Crippen LogP contribution in [0.5, 0.6) is 11.5 Å². The average Bonchev–Trinajstić information content (AvgIpc) is 2.76. The third kappa shape index (κ3) is 5.29. The summed E-state index contributed by atoms with van der Waals surface area (Å²) in [7, 11) is 1.77. The van der Waals surface area contributed by atoms with Gasteiger partial charge in [-0.2, -0.15) is 0 Å². The SMILES string of the molecule is CN=C(NCCc1cccc2cccnc12)NCC1COc2ccccc2O1.I. The molecule has 2 aromatic carbocycles. The number of benzene rings is 2. The molecule has 0 bridgehead atoms. The second-order valence-electron chi connectivity index (χ2n) is 6.62. The van der Waals surface area contributed by atoms with Crippen LogP contribution in [0.4, 0.5) is 0 Å². The molecule has 0 spiro atoms. The summed E-state index contributed by atoms with van der Waals surface area (Å²) in [6.45, 7) is 1.90. The highest BCUT2D eigenvalue weighted by molar-refractivity contribution is 14.0. The second kappa shape index (κ2) is 10.3. The van der Waals surface area contributed by atoms with E-state index >= 15 is 0 Å². The van der Waals surface area contributed by atoms with E-state index in [2.05, 4.69) is 44.9 Å². The van der Waals surface area contributed by atoms with Gasteiger partial charge in [-0.3, -0.25) is 9.98 Å². The third-order valence-corrected chi connectivity index (χ3v) is 4.69. The highest BCUT2D eigenvalue weighted by Gasteiger charge is 2.20. The number of nitrogens with one attached hydrogen (secondary N) is 2. The fourth-order valence-electron chi connectivity index (χ4n) is 3.28. The van der Waals surface area contributed by atoms with Crippen molar-refractivity contribution in [2.24, 2.45) is 4.99 Å². The second-order valence-corrected chi connectivity index (χ2v) is 6.62. The Bertz CT molecular complexity index is 974. The molecule has 0 radical (unpaired) electrons. The summed E-state index contributed by atoms with van der Waals surface area (Å²) in [4.78, 5) is 8.80. The van der Waals surface area contributed by atoms with Gasteiger partial charge in [-0.25, -0.2) is 0 Å². The average molecular weight is 504 g/mol. The van der Waals surface area contributed by atoms with Gasteiger partial charge in [-0.05, 0) is 30.2 Å². The maximum absolute atomic E-state index is 5.97. The van der Waals surface area contributed by atoms with E-state index < -0.39 is 0 Å². The quantitative estimate of drug-likeness (QED) is 0.317. The number of hydrogen-bond donors (Lipinski definition) is 2. The topological polar surface area (TPSA) is 67.8 Å². The van der Waals surface area contributed by atoms with E-state index in [-0.39, 0.29) is 30.1 Å². The van der Waals surface area contributed by atoms with Gasteiger partial charge in [0.2, 0.25) is 0 Å². The predicted molar refractivity (Wildman–Crippen MR) is 127 cm³/mol. The molecule has 0 saturated heterocycles. The Kier molecular flexibility index (Phi) is 7.51. The molecule has 7 heteroatoms. The Morgan fingerprint density at radius 2 is 1.90 bits per heavy atom. The minimum atomic E-state index is -0.0595. The molecule has 29 heavy (non-hydrogen) atoms. The lowest BCUT2D eigenvalue weighted by molar-refractivity contribution is 0.0936. The van der Waals surface area contributed by atoms with Gasteiger partial charge >= 0.3 is 0 Å². The monoisotopic (exact) mass is 504 g/mol. The first-order valence-electron chi connectivity index (χ1n) is 9.49. The van der Waals surface area contributed by atoms with Gasteiger partial charge < -0.3 is 20.1 Å². The summed E-state index contributed by atoms with van der Waals surface area (Å²) in [5, 5.41) is 7.83. The van der Waals surface area contributed by atoms with Crippen molar-refractivity contribution in [3.8, 4) is 11.5 Å². The van der Waals surface area contributed by atoms with Crippen molar-refractivity contribution in [2.75, 3.05) is 26.7 Å². The molecule has 0 fully saturated rings. The zero-order chi connectivity index (χ0) is 19.2. The highest BCUT2D eigenvalue weighted by Crippen LogP contribution is 2.30. The Balaban J connectivity index is 0.00000240. The van der Waals surface area contributed by atoms with Crippen molar-refractivity contribution < 1.29 is 9.47 Å². The summed E-state index contributed by atoms with van der Waals surface area (Å²) < 4.78 is 11.7. The molecular formula is C22H25IN4O2. The lowest BCUT2D eigenvalue weighted by Crippen LogP contribution is -2.45. The Morgan fingerprint density at radius 1 is 1.07 bits per heavy atom. The molecule has 2 N–H and O–H groups in total. The van der Waals surface area contributed by atoms with Crippen LogP contribution in [0.15, 0.2) is 65.8 Å². The summed E-state index contributed by atoms with van der Waals surface area (Å²) in [5.41, 5.74) is 2.28. The number of pyridine rings is 1. The van der Waals surface area contributed by atoms with Gasteiger partial charge in [0, 0.05) is 25.2 Å². The zero-order valence-electron chi connectivity index (χ0n) is 16.3. The van der Waals surface area contributed by atoms with Crippen LogP contribution in [-0.2, 0) is 6.42 Å². The van der Waals surface area contributed by atoms with Crippen LogP contribution in [0.1, 0.15) is 5.56 Å². The molecule has 1 aliphatic rings. The standard InChI is InChI=1S/C22H24N4O2.HI/c1-23-22(26-14-18-15-27-19-9-2-3-10-20(19)28-18)25-13-11-17-7-4-6-16-8-5-12-24-21(16)17;/h2-10,12,18H,11,13-15H2,1H3,(H2,23,25,26);1H. The lowest BCUT2D eigenvalue weighted by Gasteiger charge is -2.27. The van der Waals surface area contributed by atoms with E-state index in [1.165, 1.54) is 5.56 Å². The van der Waals surface area contributed by atoms with Crippen LogP contribution in [-0.4, -0.2) is 43.8 Å². The minimum Gasteiger partial charge on any atom is -0.486 e. The molecule has 0 aliphatic carbocycles. The van der Waals surface area contributed by atoms with Crippen molar-refractivity contribution in [3.05, 3.63) is 66.4 Å². The first kappa shape index (κ1) is 21.2. The van der Waals surface area contributed by atoms with Crippen LogP contribution >= 0.6 is 24.0 Å². The number of para-hydroxylation sites is 3. The van der Waals surface area contributed by atoms with E-state index in [0.717, 1.165) is 41.3 Å². The molecule has 3 aromatic rings. The van der Waals surface area contributed by atoms with E-state index in [1.54, 1.807) is 7.05 Å². The maximum atomic E-state index is 5.97. The van der Waals surface area contributed by atoms with Gasteiger partial charge in [0.05, 0.1) is 12.1 Å². The number of halogens is 1. The Hall–Kier alpha value is -2.55. The van der Waals surface area contributed by atoms with Crippen molar-refractivity contribution in [1.82, 2.24) is 15.6 Å². The number of ether oxygens (including phenoxy) is 2. The summed E-state index contributed by atoms with van der Waals surface area (Å²) in [5.74, 6) is 2.33. The number of aromatic nitrogens is 1. The van der Waals surface area contributed by atoms with Gasteiger partial charge in [-0.15, -0.1) is 24.0 Å². The highest BCUT2D eigenvalue weighted by atomic mass is 127. The van der Waals surface area contributed by atoms with Crippen molar-refractivity contribution in [2.45, 2.75) is 12.5 Å². The molecule has 1 aromatic heterocycles. The molecule has 1 atom stereocenters. The molecule has 1 unspecified atom stereocenters. The number of nitrogens with zero attached hydrogens (tertiary/aromatic N) is 2. The lowest BCUT2D eigenvalue weighted by atomic mass is 10.1. The van der Waals surface area contributed by atoms with Crippen LogP contribution in [0.2, 0.25) is 0 Å². The largest absolute Gasteiger partial charge is 0.486 e. The third-order valence-electron chi connectivity index (χ3n) is 4.69. The van der Waals surface area contributed by atoms with E-state index in [4.69, 9.17) is 9.47 Å². The van der Waals surface area contributed by atoms with Crippen molar-refractivity contribution in [1.29, 1.82) is 0 Å². The number of aliphatic imine (C=N–C) groups is 1. The molecule has 0 amide bonds. The minimum absolute atomic E-state index is 0. The van der Waals surface area contributed by atoms with Crippen LogP contribution in [0.3, 0.4) is 0 Å². The van der Waals surface area contributed by atoms with E-state index in [0.29, 0.717) is 13.2 Å². The first-order valence-corrected chi connectivity index (χ1v) is 9.49. The number of guanidine groups is 1. The smallest absolute Gasteiger partial charge is 0.191 e. The fraction of sp³-hybridized carbons (Fsp3) is 0.273. The van der Waals surface area contributed by atoms with Crippen LogP contribution in [0.25, 0.3) is 10.9 Å². The van der Waals surface area contributed by atoms with Crippen molar-refractivity contribution in [3.63, 3.8) is 0 Å². The predicted octanol–water partition coefficient (Wildman–Crippen LogP) is 3.40. The Labute approximate surface area is 187 Å². The zero-order valence-corrected chi connectivity index (χ0v) is 18.6. The summed E-state index contributed by atoms with van der Waals surface area (Å²) in [6.07, 6.45) is 2.64. The molecular weight excluding hydrogens is 479 g/mol. The van der Waals surface area contributed by atoms with Gasteiger partial charge in [-0.1, -0.05) is 36.4 Å². The van der Waals surface area contributed by atoms with Crippen molar-refractivity contribution >= 4 is 40.8 Å². The number of fused-ring (bicyclic) bond motifs is 2. The molecule has 152 valence electrons. The normalized spacial score (nSPS) is 15.5. The van der Waals surface area contributed by atoms with Gasteiger partial charge in [0.1, 0.15) is 12.7 Å². The molecule has 4 rings (SSSR count). The molecule has 6 nitrogen and oxygen atoms in total. The maximum Gasteiger partial charge on any atom is 0.191 e. The van der Waals surface area contributed by atoms with E-state index in [1.807, 2.05) is 36.5 Å². The van der Waals surface area contributed by atoms with Gasteiger partial charge in [0.15, 0.2) is 17.5 Å². The number of hydrogen-bond acceptors (Lipinski definition) is 4. The van der Waals surface area contributed by atoms with E-state index in [9.17, 15) is 0 Å². The summed E-state index contributed by atoms with van der Waals surface area (Å²) in [6, 6.07) is 18.1. The summed E-state index contributed by atoms with van der Waals surface area (Å²) >= 11 is 0. The Morgan fingerprint density at radius 3 is 2.76 bits per heavy atom. The molecule has 1 aliphatic heterocycles. The van der Waals surface area contributed by atoms with Crippen LogP contribution < -0.4 is 20.1 Å². The fourth-order valence-corrected chi connectivity index (χ4v) is 3.28. The van der Waals surface area contributed by atoms with Crippen LogP contribution in [0, 0.1) is 0 Å². The molecule has 2 heterocycles. The molecule has 0 saturated carbocycles. The number of rotatable bonds is 5. The first-order chi connectivity index (χ1) is 13.8.